The fourth-order valence-corrected chi connectivity index (χ4v) is 4.20. The lowest BCUT2D eigenvalue weighted by atomic mass is 9.82. The van der Waals surface area contributed by atoms with Crippen molar-refractivity contribution >= 4 is 27.9 Å². The van der Waals surface area contributed by atoms with Crippen molar-refractivity contribution in [3.05, 3.63) is 89.6 Å². The smallest absolute Gasteiger partial charge is 0.196 e. The van der Waals surface area contributed by atoms with Crippen LogP contribution in [0.4, 0.5) is 11.4 Å². The number of carbonyl (C=O) groups is 1. The average molecular weight is 393 g/mol. The summed E-state index contributed by atoms with van der Waals surface area (Å²) in [5, 5.41) is 5.44. The third-order valence-corrected chi connectivity index (χ3v) is 6.42. The number of nitrogens with zero attached hydrogens (tertiary/aromatic N) is 1. The van der Waals surface area contributed by atoms with Gasteiger partial charge in [-0.3, -0.25) is 9.78 Å². The predicted octanol–water partition coefficient (Wildman–Crippen LogP) is 6.88. The first-order valence-electron chi connectivity index (χ1n) is 10.4. The molecule has 3 heteroatoms. The zero-order valence-corrected chi connectivity index (χ0v) is 17.5. The monoisotopic (exact) mass is 392 g/mol. The Hall–Kier alpha value is -3.46. The van der Waals surface area contributed by atoms with Crippen LogP contribution in [-0.4, -0.2) is 10.8 Å². The van der Waals surface area contributed by atoms with Crippen LogP contribution in [-0.2, 0) is 5.41 Å². The highest BCUT2D eigenvalue weighted by molar-refractivity contribution is 6.28. The number of anilines is 2. The van der Waals surface area contributed by atoms with Crippen molar-refractivity contribution in [1.29, 1.82) is 0 Å². The molecule has 1 N–H and O–H groups in total. The van der Waals surface area contributed by atoms with Gasteiger partial charge >= 0.3 is 0 Å². The van der Waals surface area contributed by atoms with Gasteiger partial charge in [0.1, 0.15) is 0 Å². The summed E-state index contributed by atoms with van der Waals surface area (Å²) in [5.41, 5.74) is 6.44. The fraction of sp³-hybridized carbons (Fsp3) is 0.185. The van der Waals surface area contributed by atoms with Crippen LogP contribution in [0, 0.1) is 0 Å². The van der Waals surface area contributed by atoms with E-state index in [2.05, 4.69) is 61.4 Å². The predicted molar refractivity (Wildman–Crippen MR) is 124 cm³/mol. The standard InChI is InChI=1S/C27H24N2O/c1-4-27(2,3)18-10-12-19(13-11-18)29-22-14-9-17-15-16-28-25-20-7-5-6-8-21(20)26(30)24(22)23(17)25/h5-16,29H,4H2,1-3H3. The Morgan fingerprint density at radius 1 is 0.900 bits per heavy atom. The Morgan fingerprint density at radius 2 is 1.63 bits per heavy atom. The first-order valence-corrected chi connectivity index (χ1v) is 10.4. The minimum atomic E-state index is 0.0444. The average Bonchev–Trinajstić information content (AvgIpc) is 2.78. The number of ketones is 1. The van der Waals surface area contributed by atoms with E-state index in [4.69, 9.17) is 0 Å². The molecule has 1 aliphatic carbocycles. The van der Waals surface area contributed by atoms with Gasteiger partial charge in [-0.05, 0) is 47.1 Å². The lowest BCUT2D eigenvalue weighted by Crippen LogP contribution is -2.15. The number of benzene rings is 3. The number of pyridine rings is 1. The molecule has 1 aromatic heterocycles. The number of fused-ring (bicyclic) bond motifs is 2. The Kier molecular flexibility index (Phi) is 4.21. The molecular weight excluding hydrogens is 368 g/mol. The van der Waals surface area contributed by atoms with Gasteiger partial charge < -0.3 is 5.32 Å². The largest absolute Gasteiger partial charge is 0.355 e. The van der Waals surface area contributed by atoms with Crippen LogP contribution >= 0.6 is 0 Å². The molecule has 0 radical (unpaired) electrons. The third-order valence-electron chi connectivity index (χ3n) is 6.42. The van der Waals surface area contributed by atoms with Gasteiger partial charge in [0, 0.05) is 28.4 Å². The van der Waals surface area contributed by atoms with E-state index in [0.717, 1.165) is 39.8 Å². The maximum Gasteiger partial charge on any atom is 0.196 e. The molecule has 1 aliphatic rings. The van der Waals surface area contributed by atoms with Crippen molar-refractivity contribution in [2.24, 2.45) is 0 Å². The van der Waals surface area contributed by atoms with Crippen molar-refractivity contribution < 1.29 is 4.79 Å². The lowest BCUT2D eigenvalue weighted by molar-refractivity contribution is 0.104. The van der Waals surface area contributed by atoms with E-state index in [0.29, 0.717) is 11.1 Å². The van der Waals surface area contributed by atoms with E-state index in [9.17, 15) is 4.79 Å². The molecule has 3 nitrogen and oxygen atoms in total. The second kappa shape index (κ2) is 6.81. The number of carbonyl (C=O) groups excluding carboxylic acids is 1. The number of hydrogen-bond acceptors (Lipinski definition) is 3. The van der Waals surface area contributed by atoms with Gasteiger partial charge in [-0.25, -0.2) is 0 Å². The Morgan fingerprint density at radius 3 is 2.37 bits per heavy atom. The van der Waals surface area contributed by atoms with Crippen molar-refractivity contribution in [3.63, 3.8) is 0 Å². The van der Waals surface area contributed by atoms with Gasteiger partial charge in [0.15, 0.2) is 5.78 Å². The molecule has 0 amide bonds. The van der Waals surface area contributed by atoms with Crippen LogP contribution in [0.2, 0.25) is 0 Å². The minimum absolute atomic E-state index is 0.0444. The number of rotatable bonds is 4. The zero-order valence-electron chi connectivity index (χ0n) is 17.5. The van der Waals surface area contributed by atoms with E-state index in [1.165, 1.54) is 5.56 Å². The second-order valence-corrected chi connectivity index (χ2v) is 8.56. The van der Waals surface area contributed by atoms with Gasteiger partial charge in [-0.15, -0.1) is 0 Å². The van der Waals surface area contributed by atoms with Gasteiger partial charge in [0.05, 0.1) is 16.9 Å². The normalized spacial score (nSPS) is 12.7. The molecule has 0 saturated carbocycles. The number of aromatic nitrogens is 1. The maximum atomic E-state index is 13.5. The van der Waals surface area contributed by atoms with Crippen molar-refractivity contribution in [1.82, 2.24) is 4.98 Å². The van der Waals surface area contributed by atoms with E-state index < -0.39 is 0 Å². The Balaban J connectivity index is 1.63. The second-order valence-electron chi connectivity index (χ2n) is 8.56. The topological polar surface area (TPSA) is 42.0 Å². The molecule has 0 atom stereocenters. The van der Waals surface area contributed by atoms with Crippen LogP contribution in [0.1, 0.15) is 48.7 Å². The van der Waals surface area contributed by atoms with Crippen molar-refractivity contribution in [3.8, 4) is 11.3 Å². The summed E-state index contributed by atoms with van der Waals surface area (Å²) in [6.45, 7) is 6.72. The highest BCUT2D eigenvalue weighted by Gasteiger charge is 2.28. The van der Waals surface area contributed by atoms with E-state index in [-0.39, 0.29) is 11.2 Å². The summed E-state index contributed by atoms with van der Waals surface area (Å²) < 4.78 is 0. The molecule has 30 heavy (non-hydrogen) atoms. The maximum absolute atomic E-state index is 13.5. The van der Waals surface area contributed by atoms with Crippen LogP contribution in [0.5, 0.6) is 0 Å². The Labute approximate surface area is 176 Å². The van der Waals surface area contributed by atoms with Crippen LogP contribution in [0.25, 0.3) is 22.0 Å². The molecule has 1 heterocycles. The van der Waals surface area contributed by atoms with Crippen LogP contribution < -0.4 is 5.32 Å². The van der Waals surface area contributed by atoms with Crippen molar-refractivity contribution in [2.75, 3.05) is 5.32 Å². The summed E-state index contributed by atoms with van der Waals surface area (Å²) >= 11 is 0. The van der Waals surface area contributed by atoms with E-state index >= 15 is 0 Å². The van der Waals surface area contributed by atoms with Gasteiger partial charge in [-0.2, -0.15) is 0 Å². The quantitative estimate of drug-likeness (QED) is 0.362. The molecule has 5 rings (SSSR count). The molecular formula is C27H24N2O. The third kappa shape index (κ3) is 2.81. The lowest BCUT2D eigenvalue weighted by Gasteiger charge is -2.24. The zero-order chi connectivity index (χ0) is 20.9. The minimum Gasteiger partial charge on any atom is -0.355 e. The first-order chi connectivity index (χ1) is 14.5. The SMILES string of the molecule is CCC(C)(C)c1ccc(Nc2ccc3ccnc4c3c2C(=O)c2ccccc2-4)cc1. The molecule has 0 saturated heterocycles. The summed E-state index contributed by atoms with van der Waals surface area (Å²) in [5.74, 6) is 0.0444. The van der Waals surface area contributed by atoms with Crippen LogP contribution in [0.3, 0.4) is 0 Å². The molecule has 0 spiro atoms. The summed E-state index contributed by atoms with van der Waals surface area (Å²) in [6, 6.07) is 22.3. The molecule has 0 fully saturated rings. The van der Waals surface area contributed by atoms with E-state index in [1.54, 1.807) is 0 Å². The van der Waals surface area contributed by atoms with Gasteiger partial charge in [0.2, 0.25) is 0 Å². The molecule has 0 bridgehead atoms. The fourth-order valence-electron chi connectivity index (χ4n) is 4.20. The van der Waals surface area contributed by atoms with Crippen LogP contribution in [0.15, 0.2) is 72.9 Å². The van der Waals surface area contributed by atoms with Crippen molar-refractivity contribution in [2.45, 2.75) is 32.6 Å². The highest BCUT2D eigenvalue weighted by Crippen LogP contribution is 2.41. The molecule has 0 aliphatic heterocycles. The summed E-state index contributed by atoms with van der Waals surface area (Å²) in [4.78, 5) is 18.1. The molecule has 4 aromatic rings. The Bertz CT molecular complexity index is 1290. The van der Waals surface area contributed by atoms with E-state index in [1.807, 2.05) is 42.6 Å². The summed E-state index contributed by atoms with van der Waals surface area (Å²) in [7, 11) is 0. The van der Waals surface area contributed by atoms with Gasteiger partial charge in [0.25, 0.3) is 0 Å². The molecule has 148 valence electrons. The number of hydrogen-bond donors (Lipinski definition) is 1. The van der Waals surface area contributed by atoms with Gasteiger partial charge in [-0.1, -0.05) is 63.2 Å². The first kappa shape index (κ1) is 18.6. The number of nitrogens with one attached hydrogen (secondary N) is 1. The molecule has 0 unspecified atom stereocenters. The summed E-state index contributed by atoms with van der Waals surface area (Å²) in [6.07, 6.45) is 2.90. The molecule has 3 aromatic carbocycles. The highest BCUT2D eigenvalue weighted by atomic mass is 16.1.